The molecule has 0 spiro atoms. The molecule has 1 aliphatic carbocycles. The normalized spacial score (nSPS) is 37.6. The lowest BCUT2D eigenvalue weighted by molar-refractivity contribution is -0.158. The number of carbonyl (C=O) groups is 2. The molecule has 17 heavy (non-hydrogen) atoms. The van der Waals surface area contributed by atoms with Gasteiger partial charge in [0.15, 0.2) is 0 Å². The lowest BCUT2D eigenvalue weighted by atomic mass is 9.77. The standard InChI is InChI=1S/C13H20N2O2/c16-12-9-3-1-4-10(7-9)13(17)15(12)8-11-5-2-6-14-11/h9-11,14H,1-8H2/t9?,10?,11-/m1/s1. The van der Waals surface area contributed by atoms with E-state index in [1.807, 2.05) is 0 Å². The molecule has 2 aliphatic heterocycles. The maximum absolute atomic E-state index is 12.2. The van der Waals surface area contributed by atoms with E-state index in [1.54, 1.807) is 4.90 Å². The highest BCUT2D eigenvalue weighted by atomic mass is 16.2. The number of nitrogens with zero attached hydrogens (tertiary/aromatic N) is 1. The second kappa shape index (κ2) is 4.41. The van der Waals surface area contributed by atoms with Gasteiger partial charge in [-0.2, -0.15) is 0 Å². The number of carbonyl (C=O) groups excluding carboxylic acids is 2. The smallest absolute Gasteiger partial charge is 0.232 e. The van der Waals surface area contributed by atoms with E-state index in [0.717, 1.165) is 45.1 Å². The van der Waals surface area contributed by atoms with Crippen LogP contribution in [0.3, 0.4) is 0 Å². The van der Waals surface area contributed by atoms with Crippen LogP contribution in [-0.4, -0.2) is 35.8 Å². The third-order valence-corrected chi connectivity index (χ3v) is 4.47. The summed E-state index contributed by atoms with van der Waals surface area (Å²) < 4.78 is 0. The zero-order valence-corrected chi connectivity index (χ0v) is 10.2. The molecule has 94 valence electrons. The van der Waals surface area contributed by atoms with E-state index in [0.29, 0.717) is 12.6 Å². The summed E-state index contributed by atoms with van der Waals surface area (Å²) in [6.45, 7) is 1.62. The third-order valence-electron chi connectivity index (χ3n) is 4.47. The van der Waals surface area contributed by atoms with Crippen LogP contribution >= 0.6 is 0 Å². The van der Waals surface area contributed by atoms with Gasteiger partial charge in [-0.3, -0.25) is 14.5 Å². The predicted octanol–water partition coefficient (Wildman–Crippen LogP) is 0.914. The Morgan fingerprint density at radius 1 is 1.06 bits per heavy atom. The summed E-state index contributed by atoms with van der Waals surface area (Å²) >= 11 is 0. The Bertz CT molecular complexity index is 314. The molecule has 2 heterocycles. The number of fused-ring (bicyclic) bond motifs is 2. The van der Waals surface area contributed by atoms with Crippen molar-refractivity contribution >= 4 is 11.8 Å². The number of piperidine rings is 1. The van der Waals surface area contributed by atoms with Crippen molar-refractivity contribution in [3.8, 4) is 0 Å². The molecule has 3 aliphatic rings. The Morgan fingerprint density at radius 2 is 1.76 bits per heavy atom. The molecule has 4 nitrogen and oxygen atoms in total. The number of hydrogen-bond donors (Lipinski definition) is 1. The number of hydrogen-bond acceptors (Lipinski definition) is 3. The SMILES string of the molecule is O=C1C2CCCC(C2)C(=O)N1C[C@H]1CCCN1. The van der Waals surface area contributed by atoms with Crippen LogP contribution in [0, 0.1) is 11.8 Å². The topological polar surface area (TPSA) is 49.4 Å². The van der Waals surface area contributed by atoms with Crippen LogP contribution in [0.2, 0.25) is 0 Å². The van der Waals surface area contributed by atoms with Crippen LogP contribution in [0.25, 0.3) is 0 Å². The molecule has 0 radical (unpaired) electrons. The van der Waals surface area contributed by atoms with E-state index in [1.165, 1.54) is 0 Å². The van der Waals surface area contributed by atoms with Gasteiger partial charge in [0.1, 0.15) is 0 Å². The predicted molar refractivity (Wildman–Crippen MR) is 63.2 cm³/mol. The van der Waals surface area contributed by atoms with Crippen LogP contribution in [0.4, 0.5) is 0 Å². The van der Waals surface area contributed by atoms with Crippen LogP contribution in [0.1, 0.15) is 38.5 Å². The minimum atomic E-state index is 0.0969. The van der Waals surface area contributed by atoms with Crippen molar-refractivity contribution in [3.63, 3.8) is 0 Å². The van der Waals surface area contributed by atoms with Gasteiger partial charge in [-0.05, 0) is 38.6 Å². The summed E-state index contributed by atoms with van der Waals surface area (Å²) in [7, 11) is 0. The molecule has 2 unspecified atom stereocenters. The fraction of sp³-hybridized carbons (Fsp3) is 0.846. The molecule has 0 aromatic carbocycles. The fourth-order valence-electron chi connectivity index (χ4n) is 3.50. The average molecular weight is 236 g/mol. The molecular formula is C13H20N2O2. The first-order valence-electron chi connectivity index (χ1n) is 6.84. The second-order valence-electron chi connectivity index (χ2n) is 5.64. The van der Waals surface area contributed by atoms with E-state index in [9.17, 15) is 9.59 Å². The molecule has 3 rings (SSSR count). The van der Waals surface area contributed by atoms with E-state index in [2.05, 4.69) is 5.32 Å². The molecule has 1 saturated carbocycles. The molecular weight excluding hydrogens is 216 g/mol. The van der Waals surface area contributed by atoms with E-state index >= 15 is 0 Å². The Balaban J connectivity index is 1.72. The Morgan fingerprint density at radius 3 is 2.35 bits per heavy atom. The fourth-order valence-corrected chi connectivity index (χ4v) is 3.50. The van der Waals surface area contributed by atoms with Gasteiger partial charge in [-0.25, -0.2) is 0 Å². The molecule has 2 bridgehead atoms. The molecule has 2 saturated heterocycles. The number of likely N-dealkylation sites (tertiary alicyclic amines) is 1. The lowest BCUT2D eigenvalue weighted by Gasteiger charge is -2.39. The minimum Gasteiger partial charge on any atom is -0.312 e. The molecule has 1 N–H and O–H groups in total. The molecule has 3 fully saturated rings. The van der Waals surface area contributed by atoms with Gasteiger partial charge in [0.05, 0.1) is 0 Å². The molecule has 4 heteroatoms. The number of nitrogens with one attached hydrogen (secondary N) is 1. The van der Waals surface area contributed by atoms with E-state index < -0.39 is 0 Å². The van der Waals surface area contributed by atoms with Gasteiger partial charge in [-0.15, -0.1) is 0 Å². The number of rotatable bonds is 2. The Labute approximate surface area is 102 Å². The molecule has 3 atom stereocenters. The van der Waals surface area contributed by atoms with Gasteiger partial charge in [0, 0.05) is 24.4 Å². The maximum atomic E-state index is 12.2. The lowest BCUT2D eigenvalue weighted by Crippen LogP contribution is -2.54. The Kier molecular flexibility index (Phi) is 2.90. The van der Waals surface area contributed by atoms with Gasteiger partial charge >= 0.3 is 0 Å². The van der Waals surface area contributed by atoms with Crippen molar-refractivity contribution in [3.05, 3.63) is 0 Å². The van der Waals surface area contributed by atoms with Crippen LogP contribution in [-0.2, 0) is 9.59 Å². The summed E-state index contributed by atoms with van der Waals surface area (Å²) in [5.41, 5.74) is 0. The summed E-state index contributed by atoms with van der Waals surface area (Å²) in [4.78, 5) is 26.0. The summed E-state index contributed by atoms with van der Waals surface area (Å²) in [6, 6.07) is 0.335. The van der Waals surface area contributed by atoms with Crippen molar-refractivity contribution < 1.29 is 9.59 Å². The average Bonchev–Trinajstić information content (AvgIpc) is 2.86. The van der Waals surface area contributed by atoms with Crippen molar-refractivity contribution in [2.45, 2.75) is 44.6 Å². The number of imide groups is 1. The van der Waals surface area contributed by atoms with Crippen LogP contribution in [0.5, 0.6) is 0 Å². The highest BCUT2D eigenvalue weighted by molar-refractivity contribution is 6.00. The van der Waals surface area contributed by atoms with E-state index in [-0.39, 0.29) is 23.7 Å². The zero-order valence-electron chi connectivity index (χ0n) is 10.2. The highest BCUT2D eigenvalue weighted by Crippen LogP contribution is 2.36. The third kappa shape index (κ3) is 1.99. The second-order valence-corrected chi connectivity index (χ2v) is 5.64. The first-order valence-corrected chi connectivity index (χ1v) is 6.84. The molecule has 0 aromatic heterocycles. The summed E-state index contributed by atoms with van der Waals surface area (Å²) in [5.74, 6) is 0.458. The highest BCUT2D eigenvalue weighted by Gasteiger charge is 2.43. The largest absolute Gasteiger partial charge is 0.312 e. The minimum absolute atomic E-state index is 0.0969. The quantitative estimate of drug-likeness (QED) is 0.725. The van der Waals surface area contributed by atoms with E-state index in [4.69, 9.17) is 0 Å². The van der Waals surface area contributed by atoms with Gasteiger partial charge in [0.2, 0.25) is 11.8 Å². The molecule has 0 aromatic rings. The summed E-state index contributed by atoms with van der Waals surface area (Å²) in [5, 5.41) is 3.36. The van der Waals surface area contributed by atoms with Crippen molar-refractivity contribution in [1.82, 2.24) is 10.2 Å². The monoisotopic (exact) mass is 236 g/mol. The van der Waals surface area contributed by atoms with Crippen molar-refractivity contribution in [2.24, 2.45) is 11.8 Å². The number of amides is 2. The van der Waals surface area contributed by atoms with Crippen LogP contribution in [0.15, 0.2) is 0 Å². The van der Waals surface area contributed by atoms with Crippen LogP contribution < -0.4 is 5.32 Å². The Hall–Kier alpha value is -0.900. The van der Waals surface area contributed by atoms with Gasteiger partial charge < -0.3 is 5.32 Å². The maximum Gasteiger partial charge on any atom is 0.232 e. The first kappa shape index (κ1) is 11.2. The summed E-state index contributed by atoms with van der Waals surface area (Å²) in [6.07, 6.45) is 6.07. The van der Waals surface area contributed by atoms with Gasteiger partial charge in [-0.1, -0.05) is 6.42 Å². The van der Waals surface area contributed by atoms with Crippen molar-refractivity contribution in [2.75, 3.05) is 13.1 Å². The van der Waals surface area contributed by atoms with Crippen molar-refractivity contribution in [1.29, 1.82) is 0 Å². The zero-order chi connectivity index (χ0) is 11.8. The van der Waals surface area contributed by atoms with Gasteiger partial charge in [0.25, 0.3) is 0 Å². The first-order chi connectivity index (χ1) is 8.25. The molecule has 2 amide bonds.